The Bertz CT molecular complexity index is 359. The first-order chi connectivity index (χ1) is 9.95. The summed E-state index contributed by atoms with van der Waals surface area (Å²) < 4.78 is 0. The fourth-order valence-electron chi connectivity index (χ4n) is 1.96. The Morgan fingerprint density at radius 3 is 1.85 bits per heavy atom. The maximum atomic E-state index is 4.17. The average molecular weight is 276 g/mol. The van der Waals surface area contributed by atoms with E-state index < -0.39 is 0 Å². The fourth-order valence-corrected chi connectivity index (χ4v) is 1.96. The van der Waals surface area contributed by atoms with Gasteiger partial charge in [-0.05, 0) is 12.1 Å². The third-order valence-corrected chi connectivity index (χ3v) is 3.09. The van der Waals surface area contributed by atoms with Crippen molar-refractivity contribution in [2.45, 2.75) is 0 Å². The van der Waals surface area contributed by atoms with E-state index in [2.05, 4.69) is 26.3 Å². The molecule has 2 heterocycles. The first-order valence-electron chi connectivity index (χ1n) is 7.29. The van der Waals surface area contributed by atoms with Crippen LogP contribution in [-0.4, -0.2) is 57.4 Å². The van der Waals surface area contributed by atoms with Crippen molar-refractivity contribution in [2.75, 3.05) is 52.4 Å². The van der Waals surface area contributed by atoms with E-state index in [9.17, 15) is 0 Å². The van der Waals surface area contributed by atoms with E-state index in [0.717, 1.165) is 58.0 Å². The molecule has 110 valence electrons. The van der Waals surface area contributed by atoms with Crippen molar-refractivity contribution >= 4 is 5.69 Å². The number of hydrogen-bond acceptors (Lipinski definition) is 5. The van der Waals surface area contributed by atoms with Gasteiger partial charge in [-0.15, -0.1) is 5.11 Å². The smallest absolute Gasteiger partial charge is 0.0874 e. The van der Waals surface area contributed by atoms with E-state index in [-0.39, 0.29) is 0 Å². The topological polar surface area (TPSA) is 64.0 Å². The fraction of sp³-hybridized carbons (Fsp3) is 0.571. The van der Waals surface area contributed by atoms with Crippen molar-refractivity contribution in [3.8, 4) is 0 Å². The van der Waals surface area contributed by atoms with E-state index in [4.69, 9.17) is 0 Å². The number of benzene rings is 1. The predicted octanol–water partition coefficient (Wildman–Crippen LogP) is 0.770. The molecule has 0 radical (unpaired) electrons. The van der Waals surface area contributed by atoms with Crippen LogP contribution in [0.1, 0.15) is 0 Å². The van der Waals surface area contributed by atoms with Crippen LogP contribution in [0, 0.1) is 0 Å². The Morgan fingerprint density at radius 1 is 0.750 bits per heavy atom. The molecule has 0 aromatic heterocycles. The van der Waals surface area contributed by atoms with Gasteiger partial charge < -0.3 is 16.0 Å². The molecular formula is C14H24N6. The maximum Gasteiger partial charge on any atom is 0.0874 e. The Hall–Kier alpha value is -1.50. The summed E-state index contributed by atoms with van der Waals surface area (Å²) in [6.07, 6.45) is 0. The summed E-state index contributed by atoms with van der Waals surface area (Å²) in [4.78, 5) is 0. The first-order valence-corrected chi connectivity index (χ1v) is 7.29. The Morgan fingerprint density at radius 2 is 1.30 bits per heavy atom. The van der Waals surface area contributed by atoms with Crippen molar-refractivity contribution in [1.29, 1.82) is 0 Å². The van der Waals surface area contributed by atoms with Crippen LogP contribution < -0.4 is 16.0 Å². The van der Waals surface area contributed by atoms with Gasteiger partial charge >= 0.3 is 0 Å². The molecule has 20 heavy (non-hydrogen) atoms. The molecule has 0 spiro atoms. The number of nitrogens with zero attached hydrogens (tertiary/aromatic N) is 3. The van der Waals surface area contributed by atoms with Crippen LogP contribution in [0.5, 0.6) is 0 Å². The lowest BCUT2D eigenvalue weighted by Crippen LogP contribution is -2.40. The van der Waals surface area contributed by atoms with Crippen molar-refractivity contribution < 1.29 is 0 Å². The third-order valence-electron chi connectivity index (χ3n) is 3.09. The molecule has 2 fully saturated rings. The highest BCUT2D eigenvalue weighted by Crippen LogP contribution is 2.10. The number of piperazine rings is 2. The lowest BCUT2D eigenvalue weighted by molar-refractivity contribution is 0.237. The highest BCUT2D eigenvalue weighted by Gasteiger charge is 2.05. The Kier molecular flexibility index (Phi) is 7.01. The highest BCUT2D eigenvalue weighted by atomic mass is 15.5. The molecule has 3 N–H and O–H groups in total. The van der Waals surface area contributed by atoms with Gasteiger partial charge in [0.15, 0.2) is 0 Å². The molecule has 2 aliphatic rings. The molecule has 6 nitrogen and oxygen atoms in total. The van der Waals surface area contributed by atoms with E-state index in [1.54, 1.807) is 0 Å². The van der Waals surface area contributed by atoms with Gasteiger partial charge in [0.25, 0.3) is 0 Å². The second-order valence-corrected chi connectivity index (χ2v) is 4.73. The molecule has 0 unspecified atom stereocenters. The monoisotopic (exact) mass is 276 g/mol. The van der Waals surface area contributed by atoms with Crippen LogP contribution in [0.3, 0.4) is 0 Å². The summed E-state index contributed by atoms with van der Waals surface area (Å²) in [6, 6.07) is 9.81. The van der Waals surface area contributed by atoms with Gasteiger partial charge in [0.05, 0.1) is 18.8 Å². The van der Waals surface area contributed by atoms with Crippen LogP contribution in [0.2, 0.25) is 0 Å². The largest absolute Gasteiger partial charge is 0.314 e. The lowest BCUT2D eigenvalue weighted by atomic mass is 10.3. The zero-order valence-corrected chi connectivity index (χ0v) is 11.9. The van der Waals surface area contributed by atoms with Gasteiger partial charge in [-0.2, -0.15) is 0 Å². The maximum absolute atomic E-state index is 4.17. The Labute approximate surface area is 120 Å². The second kappa shape index (κ2) is 9.41. The van der Waals surface area contributed by atoms with Gasteiger partial charge in [0, 0.05) is 39.3 Å². The van der Waals surface area contributed by atoms with Gasteiger partial charge in [-0.1, -0.05) is 23.4 Å². The van der Waals surface area contributed by atoms with Crippen LogP contribution >= 0.6 is 0 Å². The molecule has 2 aliphatic heterocycles. The third kappa shape index (κ3) is 6.10. The van der Waals surface area contributed by atoms with Crippen molar-refractivity contribution in [3.63, 3.8) is 0 Å². The van der Waals surface area contributed by atoms with Gasteiger partial charge in [-0.3, -0.25) is 5.01 Å². The summed E-state index contributed by atoms with van der Waals surface area (Å²) in [5.74, 6) is 0. The van der Waals surface area contributed by atoms with Crippen molar-refractivity contribution in [1.82, 2.24) is 21.0 Å². The number of rotatable bonds is 2. The number of hydrogen-bond donors (Lipinski definition) is 3. The molecule has 1 aromatic carbocycles. The van der Waals surface area contributed by atoms with Crippen LogP contribution in [0.25, 0.3) is 0 Å². The molecule has 0 bridgehead atoms. The minimum absolute atomic E-state index is 0.908. The minimum atomic E-state index is 0.908. The van der Waals surface area contributed by atoms with Crippen LogP contribution in [0.4, 0.5) is 5.69 Å². The van der Waals surface area contributed by atoms with Crippen molar-refractivity contribution in [2.24, 2.45) is 10.3 Å². The standard InChI is InChI=1S/C10H14N4.C4H10N2/c1-2-4-10(5-3-1)12-13-14-8-6-11-7-9-14;1-2-6-4-3-5-1/h1-5,11H,6-9H2;5-6H,1-4H2. The van der Waals surface area contributed by atoms with E-state index in [0.29, 0.717) is 0 Å². The summed E-state index contributed by atoms with van der Waals surface area (Å²) >= 11 is 0. The van der Waals surface area contributed by atoms with Gasteiger partial charge in [-0.25, -0.2) is 0 Å². The quantitative estimate of drug-likeness (QED) is 0.698. The molecule has 3 rings (SSSR count). The molecule has 0 aliphatic carbocycles. The average Bonchev–Trinajstić information content (AvgIpc) is 2.57. The molecule has 0 amide bonds. The highest BCUT2D eigenvalue weighted by molar-refractivity contribution is 5.34. The minimum Gasteiger partial charge on any atom is -0.314 e. The summed E-state index contributed by atoms with van der Waals surface area (Å²) in [5.41, 5.74) is 0.908. The van der Waals surface area contributed by atoms with E-state index in [1.807, 2.05) is 35.3 Å². The lowest BCUT2D eigenvalue weighted by Gasteiger charge is -2.22. The zero-order valence-electron chi connectivity index (χ0n) is 11.9. The number of nitrogens with one attached hydrogen (secondary N) is 3. The molecule has 1 aromatic rings. The summed E-state index contributed by atoms with van der Waals surface area (Å²) in [5, 5.41) is 20.0. The first kappa shape index (κ1) is 14.9. The van der Waals surface area contributed by atoms with Gasteiger partial charge in [0.2, 0.25) is 0 Å². The van der Waals surface area contributed by atoms with Crippen molar-refractivity contribution in [3.05, 3.63) is 30.3 Å². The molecular weight excluding hydrogens is 252 g/mol. The molecule has 6 heteroatoms. The summed E-state index contributed by atoms with van der Waals surface area (Å²) in [7, 11) is 0. The normalized spacial score (nSPS) is 19.5. The predicted molar refractivity (Wildman–Crippen MR) is 81.1 cm³/mol. The molecule has 0 atom stereocenters. The van der Waals surface area contributed by atoms with Crippen LogP contribution in [0.15, 0.2) is 40.7 Å². The second-order valence-electron chi connectivity index (χ2n) is 4.73. The molecule has 2 saturated heterocycles. The van der Waals surface area contributed by atoms with E-state index >= 15 is 0 Å². The Balaban J connectivity index is 0.000000205. The SMILES string of the molecule is C1CNCCN1.c1ccc(N=NN2CCNCC2)cc1. The van der Waals surface area contributed by atoms with Gasteiger partial charge in [0.1, 0.15) is 0 Å². The van der Waals surface area contributed by atoms with E-state index in [1.165, 1.54) is 0 Å². The van der Waals surface area contributed by atoms with Crippen LogP contribution in [-0.2, 0) is 0 Å². The zero-order chi connectivity index (χ0) is 13.9. The summed E-state index contributed by atoms with van der Waals surface area (Å²) in [6.45, 7) is 8.42. The molecule has 0 saturated carbocycles.